The third-order valence-electron chi connectivity index (χ3n) is 2.81. The zero-order chi connectivity index (χ0) is 12.3. The zero-order valence-corrected chi connectivity index (χ0v) is 9.66. The van der Waals surface area contributed by atoms with Crippen molar-refractivity contribution < 1.29 is 8.78 Å². The standard InChI is InChI=1S/C15H14F2/c1-12-7-5-6-10-14(12)15(16,17)11-13-8-3-2-4-9-13/h2-10H,11H2,1H3. The van der Waals surface area contributed by atoms with Gasteiger partial charge in [0.2, 0.25) is 0 Å². The van der Waals surface area contributed by atoms with Gasteiger partial charge >= 0.3 is 0 Å². The lowest BCUT2D eigenvalue weighted by Crippen LogP contribution is -2.18. The van der Waals surface area contributed by atoms with Crippen molar-refractivity contribution in [2.45, 2.75) is 19.3 Å². The smallest absolute Gasteiger partial charge is 0.201 e. The average Bonchev–Trinajstić information content (AvgIpc) is 2.30. The Balaban J connectivity index is 2.28. The van der Waals surface area contributed by atoms with Crippen LogP contribution in [-0.2, 0) is 12.3 Å². The summed E-state index contributed by atoms with van der Waals surface area (Å²) in [5, 5.41) is 0. The molecule has 0 spiro atoms. The second kappa shape index (κ2) is 4.66. The summed E-state index contributed by atoms with van der Waals surface area (Å²) in [5.41, 5.74) is 1.40. The molecule has 17 heavy (non-hydrogen) atoms. The summed E-state index contributed by atoms with van der Waals surface area (Å²) in [6, 6.07) is 15.5. The lowest BCUT2D eigenvalue weighted by Gasteiger charge is -2.18. The van der Waals surface area contributed by atoms with Crippen LogP contribution in [-0.4, -0.2) is 0 Å². The van der Waals surface area contributed by atoms with Gasteiger partial charge in [0.05, 0.1) is 0 Å². The van der Waals surface area contributed by atoms with Crippen LogP contribution in [0.4, 0.5) is 8.78 Å². The number of aryl methyl sites for hydroxylation is 1. The van der Waals surface area contributed by atoms with Gasteiger partial charge in [-0.2, -0.15) is 0 Å². The number of benzene rings is 2. The van der Waals surface area contributed by atoms with E-state index >= 15 is 0 Å². The average molecular weight is 232 g/mol. The molecular formula is C15H14F2. The first-order valence-corrected chi connectivity index (χ1v) is 5.57. The molecule has 0 atom stereocenters. The van der Waals surface area contributed by atoms with Crippen molar-refractivity contribution in [3.63, 3.8) is 0 Å². The Labute approximate surface area is 99.9 Å². The highest BCUT2D eigenvalue weighted by atomic mass is 19.3. The molecule has 0 fully saturated rings. The molecule has 0 amide bonds. The molecule has 0 bridgehead atoms. The minimum absolute atomic E-state index is 0.115. The van der Waals surface area contributed by atoms with Gasteiger partial charge in [-0.15, -0.1) is 0 Å². The number of rotatable bonds is 3. The molecule has 0 aliphatic carbocycles. The Morgan fingerprint density at radius 1 is 0.882 bits per heavy atom. The summed E-state index contributed by atoms with van der Waals surface area (Å²) in [7, 11) is 0. The summed E-state index contributed by atoms with van der Waals surface area (Å²) in [6.07, 6.45) is -0.251. The molecule has 2 aromatic rings. The molecule has 2 rings (SSSR count). The monoisotopic (exact) mass is 232 g/mol. The first-order valence-electron chi connectivity index (χ1n) is 5.57. The number of halogens is 2. The van der Waals surface area contributed by atoms with E-state index in [9.17, 15) is 8.78 Å². The van der Waals surface area contributed by atoms with Crippen molar-refractivity contribution in [1.29, 1.82) is 0 Å². The van der Waals surface area contributed by atoms with Gasteiger partial charge in [0.15, 0.2) is 0 Å². The number of alkyl halides is 2. The van der Waals surface area contributed by atoms with Gasteiger partial charge in [-0.3, -0.25) is 0 Å². The summed E-state index contributed by atoms with van der Waals surface area (Å²) in [4.78, 5) is 0. The predicted octanol–water partition coefficient (Wildman–Crippen LogP) is 4.33. The fourth-order valence-corrected chi connectivity index (χ4v) is 1.93. The van der Waals surface area contributed by atoms with Crippen LogP contribution < -0.4 is 0 Å². The van der Waals surface area contributed by atoms with E-state index in [1.165, 1.54) is 6.07 Å². The van der Waals surface area contributed by atoms with E-state index in [0.29, 0.717) is 11.1 Å². The van der Waals surface area contributed by atoms with Gasteiger partial charge in [-0.25, -0.2) is 8.78 Å². The molecule has 0 aromatic heterocycles. The van der Waals surface area contributed by atoms with Crippen molar-refractivity contribution in [3.8, 4) is 0 Å². The van der Waals surface area contributed by atoms with Gasteiger partial charge in [0.1, 0.15) is 0 Å². The van der Waals surface area contributed by atoms with Crippen LogP contribution in [0.3, 0.4) is 0 Å². The van der Waals surface area contributed by atoms with Gasteiger partial charge in [0.25, 0.3) is 5.92 Å². The second-order valence-electron chi connectivity index (χ2n) is 4.18. The van der Waals surface area contributed by atoms with E-state index in [0.717, 1.165) is 0 Å². The molecule has 2 heteroatoms. The Morgan fingerprint density at radius 2 is 1.47 bits per heavy atom. The summed E-state index contributed by atoms with van der Waals surface area (Å²) in [5.74, 6) is -2.81. The summed E-state index contributed by atoms with van der Waals surface area (Å²) in [6.45, 7) is 1.72. The Hall–Kier alpha value is -1.70. The zero-order valence-electron chi connectivity index (χ0n) is 9.66. The first-order chi connectivity index (χ1) is 8.09. The fourth-order valence-electron chi connectivity index (χ4n) is 1.93. The molecule has 0 nitrogen and oxygen atoms in total. The normalized spacial score (nSPS) is 11.5. The highest BCUT2D eigenvalue weighted by molar-refractivity contribution is 5.31. The minimum Gasteiger partial charge on any atom is -0.201 e. The predicted molar refractivity (Wildman–Crippen MR) is 65.2 cm³/mol. The third kappa shape index (κ3) is 2.70. The van der Waals surface area contributed by atoms with E-state index in [4.69, 9.17) is 0 Å². The lowest BCUT2D eigenvalue weighted by atomic mass is 9.97. The molecule has 0 unspecified atom stereocenters. The molecule has 0 radical (unpaired) electrons. The number of hydrogen-bond acceptors (Lipinski definition) is 0. The van der Waals surface area contributed by atoms with Crippen molar-refractivity contribution in [3.05, 3.63) is 71.3 Å². The van der Waals surface area contributed by atoms with Crippen LogP contribution >= 0.6 is 0 Å². The summed E-state index contributed by atoms with van der Waals surface area (Å²) >= 11 is 0. The molecule has 2 aromatic carbocycles. The van der Waals surface area contributed by atoms with Crippen molar-refractivity contribution in [1.82, 2.24) is 0 Å². The lowest BCUT2D eigenvalue weighted by molar-refractivity contribution is -0.00443. The van der Waals surface area contributed by atoms with Gasteiger partial charge in [-0.1, -0.05) is 54.6 Å². The van der Waals surface area contributed by atoms with Crippen LogP contribution in [0, 0.1) is 6.92 Å². The van der Waals surface area contributed by atoms with Gasteiger partial charge in [-0.05, 0) is 18.1 Å². The molecule has 0 aliphatic heterocycles. The molecule has 0 saturated carbocycles. The highest BCUT2D eigenvalue weighted by Gasteiger charge is 2.32. The summed E-state index contributed by atoms with van der Waals surface area (Å²) < 4.78 is 28.2. The fraction of sp³-hybridized carbons (Fsp3) is 0.200. The first kappa shape index (κ1) is 11.8. The van der Waals surface area contributed by atoms with Crippen molar-refractivity contribution in [2.75, 3.05) is 0 Å². The quantitative estimate of drug-likeness (QED) is 0.739. The van der Waals surface area contributed by atoms with Gasteiger partial charge in [0, 0.05) is 12.0 Å². The van der Waals surface area contributed by atoms with Crippen LogP contribution in [0.25, 0.3) is 0 Å². The van der Waals surface area contributed by atoms with Crippen molar-refractivity contribution in [2.24, 2.45) is 0 Å². The maximum absolute atomic E-state index is 14.1. The molecule has 0 N–H and O–H groups in total. The second-order valence-corrected chi connectivity index (χ2v) is 4.18. The molecule has 0 saturated heterocycles. The Bertz CT molecular complexity index is 489. The van der Waals surface area contributed by atoms with Crippen LogP contribution in [0.2, 0.25) is 0 Å². The Kier molecular flexibility index (Phi) is 3.23. The maximum atomic E-state index is 14.1. The molecule has 88 valence electrons. The maximum Gasteiger partial charge on any atom is 0.277 e. The molecular weight excluding hydrogens is 218 g/mol. The third-order valence-corrected chi connectivity index (χ3v) is 2.81. The Morgan fingerprint density at radius 3 is 2.12 bits per heavy atom. The highest BCUT2D eigenvalue weighted by Crippen LogP contribution is 2.33. The van der Waals surface area contributed by atoms with Gasteiger partial charge < -0.3 is 0 Å². The van der Waals surface area contributed by atoms with Crippen LogP contribution in [0.15, 0.2) is 54.6 Å². The van der Waals surface area contributed by atoms with E-state index in [1.807, 2.05) is 6.07 Å². The molecule has 0 aliphatic rings. The van der Waals surface area contributed by atoms with Crippen LogP contribution in [0.5, 0.6) is 0 Å². The van der Waals surface area contributed by atoms with E-state index in [2.05, 4.69) is 0 Å². The van der Waals surface area contributed by atoms with E-state index in [-0.39, 0.29) is 12.0 Å². The van der Waals surface area contributed by atoms with E-state index in [1.54, 1.807) is 49.4 Å². The minimum atomic E-state index is -2.81. The van der Waals surface area contributed by atoms with Crippen LogP contribution in [0.1, 0.15) is 16.7 Å². The topological polar surface area (TPSA) is 0 Å². The number of hydrogen-bond donors (Lipinski definition) is 0. The van der Waals surface area contributed by atoms with Crippen molar-refractivity contribution >= 4 is 0 Å². The largest absolute Gasteiger partial charge is 0.277 e. The SMILES string of the molecule is Cc1ccccc1C(F)(F)Cc1ccccc1. The van der Waals surface area contributed by atoms with E-state index < -0.39 is 5.92 Å². The molecule has 0 heterocycles.